The third-order valence-electron chi connectivity index (χ3n) is 6.58. The second-order valence-corrected chi connectivity index (χ2v) is 9.46. The lowest BCUT2D eigenvalue weighted by Gasteiger charge is -2.36. The summed E-state index contributed by atoms with van der Waals surface area (Å²) in [7, 11) is 0. The number of aliphatic hydroxyl groups excluding tert-OH is 1. The van der Waals surface area contributed by atoms with Crippen LogP contribution in [0, 0.1) is 0 Å². The number of aromatic amines is 1. The van der Waals surface area contributed by atoms with E-state index >= 15 is 0 Å². The highest BCUT2D eigenvalue weighted by atomic mass is 16.3. The van der Waals surface area contributed by atoms with Crippen LogP contribution in [-0.2, 0) is 17.6 Å². The molecular weight excluding hydrogens is 402 g/mol. The van der Waals surface area contributed by atoms with Crippen LogP contribution in [0.1, 0.15) is 94.5 Å². The maximum atomic E-state index is 12.5. The van der Waals surface area contributed by atoms with Gasteiger partial charge in [0.1, 0.15) is 0 Å². The van der Waals surface area contributed by atoms with Crippen LogP contribution in [-0.4, -0.2) is 55.2 Å². The average Bonchev–Trinajstić information content (AvgIpc) is 3.30. The molecule has 0 saturated carbocycles. The molecule has 2 atom stereocenters. The summed E-state index contributed by atoms with van der Waals surface area (Å²) in [5.41, 5.74) is 2.51. The van der Waals surface area contributed by atoms with Crippen LogP contribution in [0.15, 0.2) is 24.3 Å². The summed E-state index contributed by atoms with van der Waals surface area (Å²) >= 11 is 0. The molecule has 3 rings (SSSR count). The minimum atomic E-state index is -0.357. The number of aromatic nitrogens is 4. The number of aliphatic hydroxyl groups is 1. The highest BCUT2D eigenvalue weighted by molar-refractivity contribution is 5.77. The van der Waals surface area contributed by atoms with Gasteiger partial charge in [-0.15, -0.1) is 10.2 Å². The summed E-state index contributed by atoms with van der Waals surface area (Å²) < 4.78 is 0. The van der Waals surface area contributed by atoms with Crippen LogP contribution in [0.4, 0.5) is 0 Å². The maximum Gasteiger partial charge on any atom is 0.222 e. The number of unbranched alkanes of at least 4 members (excludes halogenated alkanes) is 3. The number of aryl methyl sites for hydroxylation is 1. The summed E-state index contributed by atoms with van der Waals surface area (Å²) in [6.45, 7) is 5.22. The van der Waals surface area contributed by atoms with Gasteiger partial charge in [-0.2, -0.15) is 5.21 Å². The van der Waals surface area contributed by atoms with Gasteiger partial charge >= 0.3 is 0 Å². The van der Waals surface area contributed by atoms with E-state index in [2.05, 4.69) is 63.6 Å². The van der Waals surface area contributed by atoms with E-state index in [0.717, 1.165) is 70.2 Å². The highest BCUT2D eigenvalue weighted by Crippen LogP contribution is 2.24. The Hall–Kier alpha value is -2.28. The van der Waals surface area contributed by atoms with E-state index in [9.17, 15) is 9.90 Å². The molecule has 1 amide bonds. The molecule has 0 aliphatic carbocycles. The second kappa shape index (κ2) is 12.7. The van der Waals surface area contributed by atoms with Gasteiger partial charge in [0, 0.05) is 25.4 Å². The molecule has 1 aliphatic rings. The van der Waals surface area contributed by atoms with Crippen molar-refractivity contribution in [1.29, 1.82) is 0 Å². The normalized spacial score (nSPS) is 17.8. The van der Waals surface area contributed by atoms with E-state index in [1.165, 1.54) is 11.1 Å². The number of H-pyrrole nitrogens is 1. The molecule has 7 nitrogen and oxygen atoms in total. The molecule has 0 spiro atoms. The van der Waals surface area contributed by atoms with Crippen LogP contribution in [0.3, 0.4) is 0 Å². The number of hydrogen-bond donors (Lipinski definition) is 2. The quantitative estimate of drug-likeness (QED) is 0.455. The van der Waals surface area contributed by atoms with Gasteiger partial charge in [-0.25, -0.2) is 0 Å². The Bertz CT molecular complexity index is 791. The van der Waals surface area contributed by atoms with Crippen molar-refractivity contribution >= 4 is 5.91 Å². The number of nitrogens with zero attached hydrogens (tertiary/aromatic N) is 4. The number of amides is 1. The van der Waals surface area contributed by atoms with Gasteiger partial charge in [0.05, 0.1) is 6.10 Å². The van der Waals surface area contributed by atoms with E-state index < -0.39 is 0 Å². The summed E-state index contributed by atoms with van der Waals surface area (Å²) in [6, 6.07) is 8.86. The molecule has 2 heterocycles. The maximum absolute atomic E-state index is 12.5. The topological polar surface area (TPSA) is 95.0 Å². The van der Waals surface area contributed by atoms with E-state index in [4.69, 9.17) is 0 Å². The van der Waals surface area contributed by atoms with E-state index in [1.807, 2.05) is 0 Å². The predicted octanol–water partition coefficient (Wildman–Crippen LogP) is 4.19. The first-order valence-electron chi connectivity index (χ1n) is 12.3. The Morgan fingerprint density at radius 1 is 1.16 bits per heavy atom. The Morgan fingerprint density at radius 3 is 2.66 bits per heavy atom. The van der Waals surface area contributed by atoms with E-state index in [-0.39, 0.29) is 18.1 Å². The molecule has 2 aromatic rings. The molecule has 1 fully saturated rings. The van der Waals surface area contributed by atoms with E-state index in [1.54, 1.807) is 0 Å². The first-order chi connectivity index (χ1) is 15.5. The second-order valence-electron chi connectivity index (χ2n) is 9.46. The van der Waals surface area contributed by atoms with Crippen molar-refractivity contribution in [2.24, 2.45) is 0 Å². The number of nitrogens with one attached hydrogen (secondary N) is 1. The van der Waals surface area contributed by atoms with Gasteiger partial charge in [0.25, 0.3) is 0 Å². The Labute approximate surface area is 192 Å². The fourth-order valence-electron chi connectivity index (χ4n) is 4.60. The number of rotatable bonds is 13. The molecule has 7 heteroatoms. The first-order valence-corrected chi connectivity index (χ1v) is 12.3. The monoisotopic (exact) mass is 441 g/mol. The summed E-state index contributed by atoms with van der Waals surface area (Å²) in [4.78, 5) is 14.6. The molecule has 1 aromatic carbocycles. The SMILES string of the molecule is CC(C)c1ccc(CC(O)CC[C@H]2CCCC(=O)N2CCCCCCc2nn[nH]n2)cc1. The van der Waals surface area contributed by atoms with Crippen molar-refractivity contribution in [3.05, 3.63) is 41.2 Å². The molecular formula is C25H39N5O2. The molecule has 1 saturated heterocycles. The third kappa shape index (κ3) is 7.69. The fourth-order valence-corrected chi connectivity index (χ4v) is 4.60. The zero-order chi connectivity index (χ0) is 22.8. The largest absolute Gasteiger partial charge is 0.393 e. The zero-order valence-corrected chi connectivity index (χ0v) is 19.7. The van der Waals surface area contributed by atoms with Gasteiger partial charge < -0.3 is 10.0 Å². The van der Waals surface area contributed by atoms with Gasteiger partial charge in [-0.3, -0.25) is 4.79 Å². The van der Waals surface area contributed by atoms with Gasteiger partial charge in [0.15, 0.2) is 5.82 Å². The summed E-state index contributed by atoms with van der Waals surface area (Å²) in [5.74, 6) is 1.58. The van der Waals surface area contributed by atoms with Crippen molar-refractivity contribution in [3.63, 3.8) is 0 Å². The molecule has 1 unspecified atom stereocenters. The number of tetrazole rings is 1. The predicted molar refractivity (Wildman–Crippen MR) is 125 cm³/mol. The van der Waals surface area contributed by atoms with Gasteiger partial charge in [0.2, 0.25) is 5.91 Å². The fraction of sp³-hybridized carbons (Fsp3) is 0.680. The Balaban J connectivity index is 1.37. The number of benzene rings is 1. The molecule has 2 N–H and O–H groups in total. The highest BCUT2D eigenvalue weighted by Gasteiger charge is 2.27. The Kier molecular flexibility index (Phi) is 9.65. The van der Waals surface area contributed by atoms with Crippen molar-refractivity contribution < 1.29 is 9.90 Å². The van der Waals surface area contributed by atoms with E-state index in [0.29, 0.717) is 18.8 Å². The average molecular weight is 442 g/mol. The number of carbonyl (C=O) groups is 1. The molecule has 32 heavy (non-hydrogen) atoms. The molecule has 176 valence electrons. The standard InChI is InChI=1S/C25H39N5O2/c1-19(2)21-13-11-20(12-14-21)18-23(31)16-15-22-8-7-10-25(32)30(22)17-6-4-3-5-9-24-26-28-29-27-24/h11-14,19,22-23,31H,3-10,15-18H2,1-2H3,(H,26,27,28,29)/t22-,23?/m1/s1. The van der Waals surface area contributed by atoms with Crippen LogP contribution < -0.4 is 0 Å². The lowest BCUT2D eigenvalue weighted by Crippen LogP contribution is -2.44. The molecule has 0 bridgehead atoms. The number of carbonyl (C=O) groups excluding carboxylic acids is 1. The summed E-state index contributed by atoms with van der Waals surface area (Å²) in [5, 5.41) is 24.6. The van der Waals surface area contributed by atoms with Gasteiger partial charge in [-0.1, -0.05) is 56.2 Å². The van der Waals surface area contributed by atoms with Crippen LogP contribution in [0.2, 0.25) is 0 Å². The molecule has 1 aromatic heterocycles. The molecule has 1 aliphatic heterocycles. The smallest absolute Gasteiger partial charge is 0.222 e. The van der Waals surface area contributed by atoms with Crippen LogP contribution >= 0.6 is 0 Å². The summed E-state index contributed by atoms with van der Waals surface area (Å²) in [6.07, 6.45) is 9.76. The Morgan fingerprint density at radius 2 is 1.94 bits per heavy atom. The van der Waals surface area contributed by atoms with Crippen molar-refractivity contribution in [1.82, 2.24) is 25.5 Å². The molecule has 0 radical (unpaired) electrons. The number of hydrogen-bond acceptors (Lipinski definition) is 5. The van der Waals surface area contributed by atoms with Gasteiger partial charge in [-0.05, 0) is 62.0 Å². The van der Waals surface area contributed by atoms with Crippen LogP contribution in [0.25, 0.3) is 0 Å². The van der Waals surface area contributed by atoms with Crippen molar-refractivity contribution in [2.45, 2.75) is 103 Å². The first kappa shape index (κ1) is 24.4. The van der Waals surface area contributed by atoms with Crippen molar-refractivity contribution in [3.8, 4) is 0 Å². The van der Waals surface area contributed by atoms with Crippen LogP contribution in [0.5, 0.6) is 0 Å². The zero-order valence-electron chi connectivity index (χ0n) is 19.7. The lowest BCUT2D eigenvalue weighted by atomic mass is 9.93. The number of likely N-dealkylation sites (tertiary alicyclic amines) is 1. The van der Waals surface area contributed by atoms with Crippen molar-refractivity contribution in [2.75, 3.05) is 6.54 Å². The minimum absolute atomic E-state index is 0.272. The lowest BCUT2D eigenvalue weighted by molar-refractivity contribution is -0.136. The minimum Gasteiger partial charge on any atom is -0.393 e. The number of piperidine rings is 1. The third-order valence-corrected chi connectivity index (χ3v) is 6.58.